The number of carbonyl (C=O) groups is 1. The molecule has 0 spiro atoms. The average molecular weight is 312 g/mol. The predicted molar refractivity (Wildman–Crippen MR) is 72.1 cm³/mol. The van der Waals surface area contributed by atoms with Gasteiger partial charge in [-0.2, -0.15) is 0 Å². The number of nitrogens with zero attached hydrogens (tertiary/aromatic N) is 1. The fraction of sp³-hybridized carbons (Fsp3) is 0.143. The molecular formula is C14H11F3N2O3. The van der Waals surface area contributed by atoms with Gasteiger partial charge in [-0.1, -0.05) is 12.1 Å². The molecule has 0 unspecified atom stereocenters. The SMILES string of the molecule is COC(=O)c1cc(N)cnc1-c1cccc(OC(F)(F)F)c1. The number of nitrogen functional groups attached to an aromatic ring is 1. The summed E-state index contributed by atoms with van der Waals surface area (Å²) < 4.78 is 45.3. The molecule has 0 saturated carbocycles. The third kappa shape index (κ3) is 3.66. The highest BCUT2D eigenvalue weighted by atomic mass is 19.4. The number of benzene rings is 1. The summed E-state index contributed by atoms with van der Waals surface area (Å²) in [6, 6.07) is 6.46. The monoisotopic (exact) mass is 312 g/mol. The molecule has 2 N–H and O–H groups in total. The zero-order valence-corrected chi connectivity index (χ0v) is 11.3. The van der Waals surface area contributed by atoms with Gasteiger partial charge in [-0.05, 0) is 18.2 Å². The second-order valence-electron chi connectivity index (χ2n) is 4.23. The van der Waals surface area contributed by atoms with Crippen molar-refractivity contribution in [3.63, 3.8) is 0 Å². The topological polar surface area (TPSA) is 74.4 Å². The molecule has 0 atom stereocenters. The van der Waals surface area contributed by atoms with Crippen LogP contribution in [0.2, 0.25) is 0 Å². The van der Waals surface area contributed by atoms with Crippen LogP contribution in [-0.4, -0.2) is 24.4 Å². The Kier molecular flexibility index (Phi) is 4.20. The van der Waals surface area contributed by atoms with Crippen LogP contribution < -0.4 is 10.5 Å². The van der Waals surface area contributed by atoms with Gasteiger partial charge >= 0.3 is 12.3 Å². The number of alkyl halides is 3. The third-order valence-electron chi connectivity index (χ3n) is 2.66. The van der Waals surface area contributed by atoms with Crippen molar-refractivity contribution in [3.05, 3.63) is 42.1 Å². The van der Waals surface area contributed by atoms with Gasteiger partial charge in [0.15, 0.2) is 0 Å². The van der Waals surface area contributed by atoms with E-state index in [1.807, 2.05) is 0 Å². The van der Waals surface area contributed by atoms with Gasteiger partial charge in [0.05, 0.1) is 30.3 Å². The molecule has 0 bridgehead atoms. The molecule has 0 aliphatic heterocycles. The van der Waals surface area contributed by atoms with Gasteiger partial charge in [-0.25, -0.2) is 4.79 Å². The molecule has 8 heteroatoms. The van der Waals surface area contributed by atoms with Crippen LogP contribution in [0.5, 0.6) is 5.75 Å². The number of ether oxygens (including phenoxy) is 2. The summed E-state index contributed by atoms with van der Waals surface area (Å²) in [6.07, 6.45) is -3.52. The van der Waals surface area contributed by atoms with Crippen LogP contribution in [0.25, 0.3) is 11.3 Å². The Labute approximate surface area is 123 Å². The Morgan fingerprint density at radius 3 is 2.64 bits per heavy atom. The van der Waals surface area contributed by atoms with E-state index >= 15 is 0 Å². The van der Waals surface area contributed by atoms with Crippen LogP contribution in [0.4, 0.5) is 18.9 Å². The molecule has 2 rings (SSSR count). The minimum absolute atomic E-state index is 0.0478. The number of halogens is 3. The Morgan fingerprint density at radius 2 is 2.00 bits per heavy atom. The first-order valence-electron chi connectivity index (χ1n) is 6.00. The summed E-state index contributed by atoms with van der Waals surface area (Å²) in [4.78, 5) is 15.7. The molecular weight excluding hydrogens is 301 g/mol. The van der Waals surface area contributed by atoms with Gasteiger partial charge in [0, 0.05) is 5.56 Å². The minimum atomic E-state index is -4.81. The van der Waals surface area contributed by atoms with Gasteiger partial charge in [0.25, 0.3) is 0 Å². The smallest absolute Gasteiger partial charge is 0.465 e. The highest BCUT2D eigenvalue weighted by Gasteiger charge is 2.31. The lowest BCUT2D eigenvalue weighted by molar-refractivity contribution is -0.274. The zero-order valence-electron chi connectivity index (χ0n) is 11.3. The first-order chi connectivity index (χ1) is 10.3. The Balaban J connectivity index is 2.48. The summed E-state index contributed by atoms with van der Waals surface area (Å²) in [5.41, 5.74) is 6.26. The van der Waals surface area contributed by atoms with Crippen molar-refractivity contribution in [2.45, 2.75) is 6.36 Å². The van der Waals surface area contributed by atoms with E-state index in [0.29, 0.717) is 0 Å². The largest absolute Gasteiger partial charge is 0.573 e. The summed E-state index contributed by atoms with van der Waals surface area (Å²) in [7, 11) is 1.18. The Morgan fingerprint density at radius 1 is 1.27 bits per heavy atom. The minimum Gasteiger partial charge on any atom is -0.465 e. The van der Waals surface area contributed by atoms with E-state index in [4.69, 9.17) is 5.73 Å². The Bertz CT molecular complexity index is 702. The van der Waals surface area contributed by atoms with Crippen molar-refractivity contribution >= 4 is 11.7 Å². The Hall–Kier alpha value is -2.77. The van der Waals surface area contributed by atoms with Gasteiger partial charge in [-0.3, -0.25) is 4.98 Å². The van der Waals surface area contributed by atoms with Crippen molar-refractivity contribution in [3.8, 4) is 17.0 Å². The van der Waals surface area contributed by atoms with Crippen molar-refractivity contribution in [2.75, 3.05) is 12.8 Å². The fourth-order valence-corrected chi connectivity index (χ4v) is 1.82. The molecule has 2 aromatic rings. The summed E-state index contributed by atoms with van der Waals surface area (Å²) in [5.74, 6) is -1.11. The number of anilines is 1. The molecule has 1 aromatic heterocycles. The lowest BCUT2D eigenvalue weighted by Crippen LogP contribution is -2.17. The average Bonchev–Trinajstić information content (AvgIpc) is 2.44. The van der Waals surface area contributed by atoms with Crippen LogP contribution in [0, 0.1) is 0 Å². The van der Waals surface area contributed by atoms with E-state index in [-0.39, 0.29) is 22.5 Å². The van der Waals surface area contributed by atoms with E-state index < -0.39 is 18.1 Å². The number of aromatic nitrogens is 1. The number of pyridine rings is 1. The van der Waals surface area contributed by atoms with Gasteiger partial charge in [0.2, 0.25) is 0 Å². The summed E-state index contributed by atoms with van der Waals surface area (Å²) in [5, 5.41) is 0. The van der Waals surface area contributed by atoms with E-state index in [2.05, 4.69) is 14.5 Å². The molecule has 22 heavy (non-hydrogen) atoms. The molecule has 5 nitrogen and oxygen atoms in total. The van der Waals surface area contributed by atoms with E-state index in [1.165, 1.54) is 31.5 Å². The number of hydrogen-bond donors (Lipinski definition) is 1. The molecule has 1 aromatic carbocycles. The quantitative estimate of drug-likeness (QED) is 0.882. The lowest BCUT2D eigenvalue weighted by atomic mass is 10.1. The maximum absolute atomic E-state index is 12.3. The highest BCUT2D eigenvalue weighted by molar-refractivity contribution is 5.97. The number of nitrogens with two attached hydrogens (primary N) is 1. The molecule has 0 aliphatic rings. The second kappa shape index (κ2) is 5.92. The number of methoxy groups -OCH3 is 1. The second-order valence-corrected chi connectivity index (χ2v) is 4.23. The van der Waals surface area contributed by atoms with Crippen LogP contribution in [0.15, 0.2) is 36.5 Å². The molecule has 116 valence electrons. The van der Waals surface area contributed by atoms with Crippen LogP contribution >= 0.6 is 0 Å². The number of rotatable bonds is 3. The summed E-state index contributed by atoms with van der Waals surface area (Å²) >= 11 is 0. The maximum atomic E-state index is 12.3. The first kappa shape index (κ1) is 15.6. The third-order valence-corrected chi connectivity index (χ3v) is 2.66. The van der Waals surface area contributed by atoms with Crippen LogP contribution in [0.3, 0.4) is 0 Å². The van der Waals surface area contributed by atoms with E-state index in [9.17, 15) is 18.0 Å². The normalized spacial score (nSPS) is 11.1. The fourth-order valence-electron chi connectivity index (χ4n) is 1.82. The van der Waals surface area contributed by atoms with E-state index in [0.717, 1.165) is 12.1 Å². The lowest BCUT2D eigenvalue weighted by Gasteiger charge is -2.11. The van der Waals surface area contributed by atoms with Crippen LogP contribution in [-0.2, 0) is 4.74 Å². The standard InChI is InChI=1S/C14H11F3N2O3/c1-21-13(20)11-6-9(18)7-19-12(11)8-3-2-4-10(5-8)22-14(15,16)17/h2-7H,18H2,1H3. The number of esters is 1. The summed E-state index contributed by atoms with van der Waals surface area (Å²) in [6.45, 7) is 0. The highest BCUT2D eigenvalue weighted by Crippen LogP contribution is 2.29. The number of hydrogen-bond acceptors (Lipinski definition) is 5. The van der Waals surface area contributed by atoms with Gasteiger partial charge in [-0.15, -0.1) is 13.2 Å². The van der Waals surface area contributed by atoms with Crippen molar-refractivity contribution in [1.29, 1.82) is 0 Å². The van der Waals surface area contributed by atoms with Crippen LogP contribution in [0.1, 0.15) is 10.4 Å². The van der Waals surface area contributed by atoms with Crippen molar-refractivity contribution in [2.24, 2.45) is 0 Å². The molecule has 0 saturated heterocycles. The molecule has 0 radical (unpaired) electrons. The number of carbonyl (C=O) groups excluding carboxylic acids is 1. The van der Waals surface area contributed by atoms with Crippen molar-refractivity contribution < 1.29 is 27.4 Å². The predicted octanol–water partition coefficient (Wildman–Crippen LogP) is 3.02. The molecule has 0 fully saturated rings. The van der Waals surface area contributed by atoms with E-state index in [1.54, 1.807) is 0 Å². The molecule has 0 amide bonds. The molecule has 0 aliphatic carbocycles. The first-order valence-corrected chi connectivity index (χ1v) is 6.00. The maximum Gasteiger partial charge on any atom is 0.573 e. The molecule has 1 heterocycles. The zero-order chi connectivity index (χ0) is 16.3. The van der Waals surface area contributed by atoms with Gasteiger partial charge < -0.3 is 15.2 Å². The van der Waals surface area contributed by atoms with Gasteiger partial charge in [0.1, 0.15) is 5.75 Å². The van der Waals surface area contributed by atoms with Crippen molar-refractivity contribution in [1.82, 2.24) is 4.98 Å².